The molecule has 0 unspecified atom stereocenters. The van der Waals surface area contributed by atoms with Crippen molar-refractivity contribution in [3.8, 4) is 11.3 Å². The number of nitrogens with zero attached hydrogens (tertiary/aromatic N) is 2. The van der Waals surface area contributed by atoms with Gasteiger partial charge in [0.2, 0.25) is 0 Å². The zero-order chi connectivity index (χ0) is 12.3. The molecule has 0 fully saturated rings. The molecule has 0 aliphatic carbocycles. The van der Waals surface area contributed by atoms with E-state index in [1.807, 2.05) is 6.07 Å². The fraction of sp³-hybridized carbons (Fsp3) is 0.400. The van der Waals surface area contributed by atoms with Gasteiger partial charge in [0.05, 0.1) is 5.69 Å². The molecule has 2 rings (SSSR count). The van der Waals surface area contributed by atoms with Crippen molar-refractivity contribution < 1.29 is 0 Å². The van der Waals surface area contributed by atoms with Crippen LogP contribution in [0.3, 0.4) is 0 Å². The lowest BCUT2D eigenvalue weighted by Gasteiger charge is -2.06. The zero-order valence-corrected chi connectivity index (χ0v) is 10.9. The average Bonchev–Trinajstić information content (AvgIpc) is 2.64. The Kier molecular flexibility index (Phi) is 3.62. The molecular weight excluding hydrogens is 208 g/mol. The van der Waals surface area contributed by atoms with Gasteiger partial charge in [0.15, 0.2) is 0 Å². The molecule has 0 aliphatic rings. The molecule has 1 aromatic heterocycles. The van der Waals surface area contributed by atoms with Gasteiger partial charge in [-0.05, 0) is 20.3 Å². The van der Waals surface area contributed by atoms with Gasteiger partial charge in [0.25, 0.3) is 0 Å². The summed E-state index contributed by atoms with van der Waals surface area (Å²) in [5.74, 6) is 1.12. The van der Waals surface area contributed by atoms with Gasteiger partial charge >= 0.3 is 0 Å². The lowest BCUT2D eigenvalue weighted by Crippen LogP contribution is -2.02. The summed E-state index contributed by atoms with van der Waals surface area (Å²) in [4.78, 5) is 4.70. The first-order valence-electron chi connectivity index (χ1n) is 6.33. The molecule has 0 bridgehead atoms. The van der Waals surface area contributed by atoms with E-state index in [1.54, 1.807) is 0 Å². The summed E-state index contributed by atoms with van der Waals surface area (Å²) in [7, 11) is 0. The number of imidazole rings is 1. The topological polar surface area (TPSA) is 17.8 Å². The second-order valence-corrected chi connectivity index (χ2v) is 4.46. The monoisotopic (exact) mass is 228 g/mol. The van der Waals surface area contributed by atoms with Crippen molar-refractivity contribution in [3.05, 3.63) is 41.9 Å². The first kappa shape index (κ1) is 11.9. The molecule has 17 heavy (non-hydrogen) atoms. The predicted octanol–water partition coefficient (Wildman–Crippen LogP) is 3.97. The molecule has 2 nitrogen and oxygen atoms in total. The van der Waals surface area contributed by atoms with E-state index < -0.39 is 0 Å². The number of aromatic nitrogens is 2. The summed E-state index contributed by atoms with van der Waals surface area (Å²) >= 11 is 0. The summed E-state index contributed by atoms with van der Waals surface area (Å²) in [6, 6.07) is 10.4. The summed E-state index contributed by atoms with van der Waals surface area (Å²) in [5, 5.41) is 0. The highest BCUT2D eigenvalue weighted by Crippen LogP contribution is 2.23. The summed E-state index contributed by atoms with van der Waals surface area (Å²) in [6.45, 7) is 7.56. The van der Waals surface area contributed by atoms with E-state index in [0.29, 0.717) is 0 Å². The average molecular weight is 228 g/mol. The summed E-state index contributed by atoms with van der Waals surface area (Å²) in [6.07, 6.45) is 2.43. The quantitative estimate of drug-likeness (QED) is 0.774. The largest absolute Gasteiger partial charge is 0.332 e. The standard InChI is InChI=1S/C15H20N2/c1-4-5-11-17-12(2)15(16-13(17)3)14-9-7-6-8-10-14/h6-10H,4-5,11H2,1-3H3. The minimum absolute atomic E-state index is 1.08. The van der Waals surface area contributed by atoms with Crippen molar-refractivity contribution in [2.75, 3.05) is 0 Å². The van der Waals surface area contributed by atoms with Gasteiger partial charge in [-0.15, -0.1) is 0 Å². The van der Waals surface area contributed by atoms with Crippen LogP contribution in [-0.4, -0.2) is 9.55 Å². The molecule has 0 atom stereocenters. The van der Waals surface area contributed by atoms with Crippen molar-refractivity contribution >= 4 is 0 Å². The smallest absolute Gasteiger partial charge is 0.106 e. The highest BCUT2D eigenvalue weighted by Gasteiger charge is 2.11. The van der Waals surface area contributed by atoms with Gasteiger partial charge in [-0.2, -0.15) is 0 Å². The van der Waals surface area contributed by atoms with E-state index in [0.717, 1.165) is 18.1 Å². The van der Waals surface area contributed by atoms with Gasteiger partial charge in [-0.3, -0.25) is 0 Å². The second-order valence-electron chi connectivity index (χ2n) is 4.46. The summed E-state index contributed by atoms with van der Waals surface area (Å²) < 4.78 is 2.33. The maximum absolute atomic E-state index is 4.70. The molecule has 0 aliphatic heterocycles. The molecule has 0 N–H and O–H groups in total. The Morgan fingerprint density at radius 1 is 1.12 bits per heavy atom. The third kappa shape index (κ3) is 2.41. The van der Waals surface area contributed by atoms with Crippen LogP contribution >= 0.6 is 0 Å². The van der Waals surface area contributed by atoms with Crippen LogP contribution in [0.15, 0.2) is 30.3 Å². The van der Waals surface area contributed by atoms with Crippen LogP contribution in [-0.2, 0) is 6.54 Å². The Bertz CT molecular complexity index is 483. The van der Waals surface area contributed by atoms with Gasteiger partial charge in [0.1, 0.15) is 5.82 Å². The highest BCUT2D eigenvalue weighted by atomic mass is 15.1. The number of hydrogen-bond donors (Lipinski definition) is 0. The van der Waals surface area contributed by atoms with Gasteiger partial charge in [-0.1, -0.05) is 43.7 Å². The van der Waals surface area contributed by atoms with Crippen LogP contribution in [0.25, 0.3) is 11.3 Å². The van der Waals surface area contributed by atoms with Crippen LogP contribution in [0.4, 0.5) is 0 Å². The van der Waals surface area contributed by atoms with Crippen LogP contribution < -0.4 is 0 Å². The number of benzene rings is 1. The lowest BCUT2D eigenvalue weighted by molar-refractivity contribution is 0.604. The third-order valence-corrected chi connectivity index (χ3v) is 3.19. The zero-order valence-electron chi connectivity index (χ0n) is 10.9. The fourth-order valence-corrected chi connectivity index (χ4v) is 2.19. The minimum atomic E-state index is 1.08. The Hall–Kier alpha value is -1.57. The highest BCUT2D eigenvalue weighted by molar-refractivity contribution is 5.61. The van der Waals surface area contributed by atoms with E-state index >= 15 is 0 Å². The van der Waals surface area contributed by atoms with Crippen LogP contribution in [0.2, 0.25) is 0 Å². The molecule has 0 amide bonds. The normalized spacial score (nSPS) is 10.8. The van der Waals surface area contributed by atoms with Crippen LogP contribution in [0.1, 0.15) is 31.3 Å². The van der Waals surface area contributed by atoms with E-state index in [4.69, 9.17) is 4.98 Å². The maximum Gasteiger partial charge on any atom is 0.106 e. The first-order valence-corrected chi connectivity index (χ1v) is 6.33. The second kappa shape index (κ2) is 5.17. The molecule has 0 radical (unpaired) electrons. The van der Waals surface area contributed by atoms with Crippen LogP contribution in [0.5, 0.6) is 0 Å². The number of hydrogen-bond acceptors (Lipinski definition) is 1. The van der Waals surface area contributed by atoms with E-state index in [9.17, 15) is 0 Å². The van der Waals surface area contributed by atoms with E-state index in [1.165, 1.54) is 24.1 Å². The fourth-order valence-electron chi connectivity index (χ4n) is 2.19. The van der Waals surface area contributed by atoms with Gasteiger partial charge in [-0.25, -0.2) is 4.98 Å². The SMILES string of the molecule is CCCCn1c(C)nc(-c2ccccc2)c1C. The molecule has 1 heterocycles. The third-order valence-electron chi connectivity index (χ3n) is 3.19. The number of aryl methyl sites for hydroxylation is 1. The Morgan fingerprint density at radius 2 is 1.82 bits per heavy atom. The van der Waals surface area contributed by atoms with Gasteiger partial charge < -0.3 is 4.57 Å². The van der Waals surface area contributed by atoms with Crippen molar-refractivity contribution in [3.63, 3.8) is 0 Å². The van der Waals surface area contributed by atoms with Gasteiger partial charge in [0, 0.05) is 17.8 Å². The molecule has 0 spiro atoms. The molecule has 2 aromatic rings. The van der Waals surface area contributed by atoms with E-state index in [-0.39, 0.29) is 0 Å². The van der Waals surface area contributed by atoms with Crippen molar-refractivity contribution in [1.82, 2.24) is 9.55 Å². The number of rotatable bonds is 4. The maximum atomic E-state index is 4.70. The molecule has 0 saturated carbocycles. The molecule has 0 saturated heterocycles. The molecule has 90 valence electrons. The lowest BCUT2D eigenvalue weighted by atomic mass is 10.1. The Balaban J connectivity index is 2.37. The van der Waals surface area contributed by atoms with Crippen LogP contribution in [0, 0.1) is 13.8 Å². The molecular formula is C15H20N2. The first-order chi connectivity index (χ1) is 8.24. The van der Waals surface area contributed by atoms with Crippen molar-refractivity contribution in [2.24, 2.45) is 0 Å². The number of unbranched alkanes of at least 4 members (excludes halogenated alkanes) is 1. The van der Waals surface area contributed by atoms with E-state index in [2.05, 4.69) is 49.6 Å². The van der Waals surface area contributed by atoms with Crippen molar-refractivity contribution in [2.45, 2.75) is 40.2 Å². The molecule has 2 heteroatoms. The minimum Gasteiger partial charge on any atom is -0.332 e. The predicted molar refractivity (Wildman–Crippen MR) is 72.0 cm³/mol. The molecule has 1 aromatic carbocycles. The Morgan fingerprint density at radius 3 is 2.47 bits per heavy atom. The Labute approximate surface area is 103 Å². The van der Waals surface area contributed by atoms with Crippen molar-refractivity contribution in [1.29, 1.82) is 0 Å². The summed E-state index contributed by atoms with van der Waals surface area (Å²) in [5.41, 5.74) is 3.62.